The van der Waals surface area contributed by atoms with Crippen LogP contribution in [0.1, 0.15) is 17.1 Å². The van der Waals surface area contributed by atoms with Crippen molar-refractivity contribution >= 4 is 15.9 Å². The minimum absolute atomic E-state index is 0.778. The van der Waals surface area contributed by atoms with Crippen molar-refractivity contribution in [2.45, 2.75) is 20.4 Å². The molecule has 0 aliphatic rings. The summed E-state index contributed by atoms with van der Waals surface area (Å²) in [6.45, 7) is 4.86. The van der Waals surface area contributed by atoms with Crippen LogP contribution in [-0.4, -0.2) is 14.5 Å². The summed E-state index contributed by atoms with van der Waals surface area (Å²) in [5.41, 5.74) is 3.31. The van der Waals surface area contributed by atoms with E-state index in [0.717, 1.165) is 22.4 Å². The maximum atomic E-state index is 4.33. The van der Waals surface area contributed by atoms with Crippen LogP contribution in [0.25, 0.3) is 0 Å². The fourth-order valence-corrected chi connectivity index (χ4v) is 1.61. The number of imidazole rings is 1. The highest BCUT2D eigenvalue weighted by Gasteiger charge is 2.03. The summed E-state index contributed by atoms with van der Waals surface area (Å²) in [4.78, 5) is 8.58. The molecule has 0 atom stereocenters. The maximum Gasteiger partial charge on any atom is 0.0955 e. The van der Waals surface area contributed by atoms with Crippen molar-refractivity contribution in [3.05, 3.63) is 46.2 Å². The van der Waals surface area contributed by atoms with Crippen molar-refractivity contribution in [1.29, 1.82) is 0 Å². The van der Waals surface area contributed by atoms with Crippen LogP contribution in [0.5, 0.6) is 0 Å². The van der Waals surface area contributed by atoms with Crippen molar-refractivity contribution in [1.82, 2.24) is 14.5 Å². The minimum Gasteiger partial charge on any atom is -0.329 e. The molecule has 0 radical (unpaired) electrons. The Hall–Kier alpha value is -1.16. The molecule has 4 heteroatoms. The number of aromatic nitrogens is 3. The Morgan fingerprint density at radius 1 is 1.27 bits per heavy atom. The van der Waals surface area contributed by atoms with Crippen LogP contribution in [0, 0.1) is 13.8 Å². The van der Waals surface area contributed by atoms with Gasteiger partial charge in [-0.25, -0.2) is 4.98 Å². The van der Waals surface area contributed by atoms with E-state index in [1.54, 1.807) is 0 Å². The van der Waals surface area contributed by atoms with Gasteiger partial charge < -0.3 is 4.57 Å². The van der Waals surface area contributed by atoms with Crippen LogP contribution in [0.2, 0.25) is 0 Å². The molecule has 0 aliphatic heterocycles. The number of hydrogen-bond donors (Lipinski definition) is 0. The first-order valence-electron chi connectivity index (χ1n) is 4.75. The number of pyridine rings is 1. The van der Waals surface area contributed by atoms with Gasteiger partial charge in [-0.3, -0.25) is 4.98 Å². The number of nitrogens with zero attached hydrogens (tertiary/aromatic N) is 3. The minimum atomic E-state index is 0.778. The van der Waals surface area contributed by atoms with E-state index in [4.69, 9.17) is 0 Å². The van der Waals surface area contributed by atoms with Crippen LogP contribution in [0.3, 0.4) is 0 Å². The van der Waals surface area contributed by atoms with Gasteiger partial charge in [0.15, 0.2) is 0 Å². The highest BCUT2D eigenvalue weighted by Crippen LogP contribution is 2.10. The summed E-state index contributed by atoms with van der Waals surface area (Å²) < 4.78 is 3.11. The summed E-state index contributed by atoms with van der Waals surface area (Å²) >= 11 is 3.37. The topological polar surface area (TPSA) is 30.7 Å². The third kappa shape index (κ3) is 2.26. The van der Waals surface area contributed by atoms with Crippen molar-refractivity contribution in [3.63, 3.8) is 0 Å². The van der Waals surface area contributed by atoms with E-state index in [-0.39, 0.29) is 0 Å². The molecule has 0 fully saturated rings. The molecule has 0 aliphatic carbocycles. The molecule has 2 aromatic rings. The van der Waals surface area contributed by atoms with Crippen LogP contribution >= 0.6 is 15.9 Å². The zero-order valence-electron chi connectivity index (χ0n) is 8.74. The predicted molar refractivity (Wildman–Crippen MR) is 62.7 cm³/mol. The fraction of sp³-hybridized carbons (Fsp3) is 0.273. The molecule has 2 heterocycles. The van der Waals surface area contributed by atoms with Crippen molar-refractivity contribution in [2.75, 3.05) is 0 Å². The van der Waals surface area contributed by atoms with Gasteiger partial charge in [0.1, 0.15) is 0 Å². The number of rotatable bonds is 2. The normalized spacial score (nSPS) is 10.6. The quantitative estimate of drug-likeness (QED) is 0.836. The Morgan fingerprint density at radius 2 is 2.07 bits per heavy atom. The Bertz CT molecular complexity index is 459. The van der Waals surface area contributed by atoms with E-state index in [0.29, 0.717) is 0 Å². The second kappa shape index (κ2) is 4.14. The summed E-state index contributed by atoms with van der Waals surface area (Å²) in [6.07, 6.45) is 3.67. The molecule has 2 aromatic heterocycles. The summed E-state index contributed by atoms with van der Waals surface area (Å²) in [6, 6.07) is 4.01. The number of aryl methyl sites for hydroxylation is 1. The summed E-state index contributed by atoms with van der Waals surface area (Å²) in [7, 11) is 0. The van der Waals surface area contributed by atoms with E-state index < -0.39 is 0 Å². The van der Waals surface area contributed by atoms with Gasteiger partial charge in [-0.05, 0) is 41.9 Å². The third-order valence-corrected chi connectivity index (χ3v) is 2.94. The zero-order valence-corrected chi connectivity index (χ0v) is 10.3. The van der Waals surface area contributed by atoms with Gasteiger partial charge in [-0.2, -0.15) is 0 Å². The second-order valence-corrected chi connectivity index (χ2v) is 4.43. The van der Waals surface area contributed by atoms with Crippen molar-refractivity contribution in [2.24, 2.45) is 0 Å². The highest BCUT2D eigenvalue weighted by atomic mass is 79.9. The summed E-state index contributed by atoms with van der Waals surface area (Å²) in [5, 5.41) is 0. The zero-order chi connectivity index (χ0) is 10.8. The van der Waals surface area contributed by atoms with Gasteiger partial charge in [-0.1, -0.05) is 0 Å². The average molecular weight is 266 g/mol. The molecule has 0 aromatic carbocycles. The monoisotopic (exact) mass is 265 g/mol. The van der Waals surface area contributed by atoms with Gasteiger partial charge in [0.05, 0.1) is 24.3 Å². The van der Waals surface area contributed by atoms with E-state index in [9.17, 15) is 0 Å². The van der Waals surface area contributed by atoms with E-state index >= 15 is 0 Å². The Labute approximate surface area is 97.3 Å². The molecule has 0 unspecified atom stereocenters. The lowest BCUT2D eigenvalue weighted by Gasteiger charge is -2.04. The van der Waals surface area contributed by atoms with E-state index in [2.05, 4.69) is 37.4 Å². The third-order valence-electron chi connectivity index (χ3n) is 2.47. The fourth-order valence-electron chi connectivity index (χ4n) is 1.38. The molecule has 0 saturated carbocycles. The molecule has 0 spiro atoms. The lowest BCUT2D eigenvalue weighted by Crippen LogP contribution is -2.02. The van der Waals surface area contributed by atoms with Gasteiger partial charge >= 0.3 is 0 Å². The standard InChI is InChI=1S/C11H12BrN3/c1-8-9(2)15(7-14-8)6-11-4-3-10(12)5-13-11/h3-5,7H,6H2,1-2H3. The summed E-state index contributed by atoms with van der Waals surface area (Å²) in [5.74, 6) is 0. The molecule has 3 nitrogen and oxygen atoms in total. The van der Waals surface area contributed by atoms with Gasteiger partial charge in [0, 0.05) is 16.4 Å². The smallest absolute Gasteiger partial charge is 0.0955 e. The molecule has 0 saturated heterocycles. The largest absolute Gasteiger partial charge is 0.329 e. The molecule has 0 amide bonds. The first-order chi connectivity index (χ1) is 7.16. The molecule has 0 bridgehead atoms. The van der Waals surface area contributed by atoms with E-state index in [1.165, 1.54) is 5.69 Å². The van der Waals surface area contributed by atoms with Crippen LogP contribution < -0.4 is 0 Å². The molecule has 0 N–H and O–H groups in total. The maximum absolute atomic E-state index is 4.33. The second-order valence-electron chi connectivity index (χ2n) is 3.51. The Morgan fingerprint density at radius 3 is 2.60 bits per heavy atom. The number of hydrogen-bond acceptors (Lipinski definition) is 2. The van der Waals surface area contributed by atoms with Crippen LogP contribution in [0.4, 0.5) is 0 Å². The highest BCUT2D eigenvalue weighted by molar-refractivity contribution is 9.10. The Balaban J connectivity index is 2.22. The van der Waals surface area contributed by atoms with Gasteiger partial charge in [0.25, 0.3) is 0 Å². The van der Waals surface area contributed by atoms with Crippen molar-refractivity contribution in [3.8, 4) is 0 Å². The van der Waals surface area contributed by atoms with Crippen LogP contribution in [-0.2, 0) is 6.54 Å². The SMILES string of the molecule is Cc1ncn(Cc2ccc(Br)cn2)c1C. The molecular formula is C11H12BrN3. The first kappa shape index (κ1) is 10.4. The molecule has 2 rings (SSSR count). The average Bonchev–Trinajstić information content (AvgIpc) is 2.53. The Kier molecular flexibility index (Phi) is 2.86. The van der Waals surface area contributed by atoms with Crippen molar-refractivity contribution < 1.29 is 0 Å². The van der Waals surface area contributed by atoms with Crippen LogP contribution in [0.15, 0.2) is 29.1 Å². The predicted octanol–water partition coefficient (Wildman–Crippen LogP) is 2.71. The van der Waals surface area contributed by atoms with Gasteiger partial charge in [0.2, 0.25) is 0 Å². The molecular weight excluding hydrogens is 254 g/mol. The first-order valence-corrected chi connectivity index (χ1v) is 5.55. The lowest BCUT2D eigenvalue weighted by molar-refractivity contribution is 0.747. The molecule has 78 valence electrons. The number of halogens is 1. The van der Waals surface area contributed by atoms with Gasteiger partial charge in [-0.15, -0.1) is 0 Å². The molecule has 15 heavy (non-hydrogen) atoms. The van der Waals surface area contributed by atoms with E-state index in [1.807, 2.05) is 31.6 Å². The lowest BCUT2D eigenvalue weighted by atomic mass is 10.3.